The van der Waals surface area contributed by atoms with Crippen molar-refractivity contribution in [1.29, 1.82) is 0 Å². The highest BCUT2D eigenvalue weighted by atomic mass is 16.5. The molecule has 0 spiro atoms. The molecule has 0 unspecified atom stereocenters. The number of carbonyl (C=O) groups excluding carboxylic acids is 1. The highest BCUT2D eigenvalue weighted by Gasteiger charge is 2.12. The molecule has 0 saturated carbocycles. The number of para-hydroxylation sites is 1. The first-order valence-corrected chi connectivity index (χ1v) is 7.34. The molecule has 6 heteroatoms. The van der Waals surface area contributed by atoms with E-state index in [0.717, 1.165) is 16.5 Å². The summed E-state index contributed by atoms with van der Waals surface area (Å²) in [5, 5.41) is 5.07. The lowest BCUT2D eigenvalue weighted by atomic mass is 10.2. The molecule has 3 aromatic rings. The lowest BCUT2D eigenvalue weighted by molar-refractivity contribution is 0.0952. The van der Waals surface area contributed by atoms with Crippen LogP contribution in [0.3, 0.4) is 0 Å². The van der Waals surface area contributed by atoms with Gasteiger partial charge in [-0.25, -0.2) is 5.43 Å². The van der Waals surface area contributed by atoms with Crippen LogP contribution in [0.15, 0.2) is 53.8 Å². The minimum Gasteiger partial charge on any atom is -0.497 e. The number of nitrogens with zero attached hydrogens (tertiary/aromatic N) is 1. The van der Waals surface area contributed by atoms with Gasteiger partial charge in [-0.3, -0.25) is 4.79 Å². The summed E-state index contributed by atoms with van der Waals surface area (Å²) < 4.78 is 10.3. The van der Waals surface area contributed by atoms with Crippen molar-refractivity contribution in [3.63, 3.8) is 0 Å². The number of carbonyl (C=O) groups is 1. The van der Waals surface area contributed by atoms with E-state index in [1.54, 1.807) is 31.5 Å². The van der Waals surface area contributed by atoms with Gasteiger partial charge in [0.05, 0.1) is 26.0 Å². The summed E-state index contributed by atoms with van der Waals surface area (Å²) in [5.74, 6) is 0.686. The number of H-pyrrole nitrogens is 1. The van der Waals surface area contributed by atoms with Gasteiger partial charge in [0, 0.05) is 28.7 Å². The van der Waals surface area contributed by atoms with Gasteiger partial charge in [-0.2, -0.15) is 5.10 Å². The van der Waals surface area contributed by atoms with Gasteiger partial charge in [-0.05, 0) is 18.2 Å². The van der Waals surface area contributed by atoms with Crippen LogP contribution in [0, 0.1) is 0 Å². The molecule has 2 N–H and O–H groups in total. The fraction of sp³-hybridized carbons (Fsp3) is 0.111. The molecule has 0 saturated heterocycles. The topological polar surface area (TPSA) is 75.7 Å². The average Bonchev–Trinajstić information content (AvgIpc) is 3.04. The van der Waals surface area contributed by atoms with E-state index < -0.39 is 0 Å². The molecule has 0 atom stereocenters. The Morgan fingerprint density at radius 2 is 2.00 bits per heavy atom. The Hall–Kier alpha value is -3.28. The van der Waals surface area contributed by atoms with Crippen LogP contribution < -0.4 is 14.9 Å². The smallest absolute Gasteiger partial charge is 0.275 e. The molecule has 1 heterocycles. The molecule has 1 aromatic heterocycles. The first-order valence-electron chi connectivity index (χ1n) is 7.34. The summed E-state index contributed by atoms with van der Waals surface area (Å²) in [6.07, 6.45) is 3.45. The predicted molar refractivity (Wildman–Crippen MR) is 92.9 cm³/mol. The Morgan fingerprint density at radius 3 is 2.79 bits per heavy atom. The van der Waals surface area contributed by atoms with Gasteiger partial charge < -0.3 is 14.5 Å². The highest BCUT2D eigenvalue weighted by Crippen LogP contribution is 2.24. The molecular weight excluding hydrogens is 306 g/mol. The van der Waals surface area contributed by atoms with E-state index >= 15 is 0 Å². The van der Waals surface area contributed by atoms with E-state index in [1.807, 2.05) is 30.5 Å². The summed E-state index contributed by atoms with van der Waals surface area (Å²) in [6.45, 7) is 0. The summed E-state index contributed by atoms with van der Waals surface area (Å²) in [5.41, 5.74) is 4.81. The fourth-order valence-corrected chi connectivity index (χ4v) is 2.41. The number of ether oxygens (including phenoxy) is 2. The second kappa shape index (κ2) is 6.87. The van der Waals surface area contributed by atoms with E-state index in [1.165, 1.54) is 7.11 Å². The Morgan fingerprint density at radius 1 is 1.17 bits per heavy atom. The first kappa shape index (κ1) is 15.6. The van der Waals surface area contributed by atoms with Gasteiger partial charge in [0.15, 0.2) is 0 Å². The number of fused-ring (bicyclic) bond motifs is 1. The minimum atomic E-state index is -0.356. The molecule has 0 radical (unpaired) electrons. The fourth-order valence-electron chi connectivity index (χ4n) is 2.41. The van der Waals surface area contributed by atoms with Gasteiger partial charge >= 0.3 is 0 Å². The van der Waals surface area contributed by atoms with Crippen LogP contribution in [-0.2, 0) is 0 Å². The maximum Gasteiger partial charge on any atom is 0.275 e. The normalized spacial score (nSPS) is 10.9. The zero-order chi connectivity index (χ0) is 16.9. The molecule has 0 aliphatic rings. The monoisotopic (exact) mass is 323 g/mol. The summed E-state index contributed by atoms with van der Waals surface area (Å²) >= 11 is 0. The second-order valence-electron chi connectivity index (χ2n) is 5.05. The van der Waals surface area contributed by atoms with Crippen molar-refractivity contribution < 1.29 is 14.3 Å². The number of aromatic amines is 1. The lowest BCUT2D eigenvalue weighted by Gasteiger charge is -2.08. The molecule has 6 nitrogen and oxygen atoms in total. The van der Waals surface area contributed by atoms with Crippen LogP contribution in [0.2, 0.25) is 0 Å². The van der Waals surface area contributed by atoms with E-state index in [2.05, 4.69) is 15.5 Å². The molecule has 3 rings (SSSR count). The Kier molecular flexibility index (Phi) is 4.47. The Labute approximate surface area is 139 Å². The number of nitrogens with one attached hydrogen (secondary N) is 2. The van der Waals surface area contributed by atoms with Crippen LogP contribution in [0.5, 0.6) is 11.5 Å². The van der Waals surface area contributed by atoms with Crippen molar-refractivity contribution in [2.45, 2.75) is 0 Å². The van der Waals surface area contributed by atoms with Crippen LogP contribution in [0.4, 0.5) is 0 Å². The van der Waals surface area contributed by atoms with Crippen molar-refractivity contribution in [3.05, 3.63) is 59.8 Å². The Bertz CT molecular complexity index is 899. The zero-order valence-corrected chi connectivity index (χ0v) is 13.4. The van der Waals surface area contributed by atoms with Crippen LogP contribution in [0.25, 0.3) is 10.9 Å². The predicted octanol–water partition coefficient (Wildman–Crippen LogP) is 2.95. The highest BCUT2D eigenvalue weighted by molar-refractivity contribution is 6.01. The lowest BCUT2D eigenvalue weighted by Crippen LogP contribution is -2.18. The van der Waals surface area contributed by atoms with Crippen molar-refractivity contribution in [2.24, 2.45) is 5.10 Å². The van der Waals surface area contributed by atoms with Crippen LogP contribution >= 0.6 is 0 Å². The molecular formula is C18H17N3O3. The maximum atomic E-state index is 12.3. The molecule has 1 amide bonds. The number of aromatic nitrogens is 1. The zero-order valence-electron chi connectivity index (χ0n) is 13.4. The van der Waals surface area contributed by atoms with Gasteiger partial charge in [0.25, 0.3) is 5.91 Å². The van der Waals surface area contributed by atoms with E-state index in [-0.39, 0.29) is 5.91 Å². The summed E-state index contributed by atoms with van der Waals surface area (Å²) in [7, 11) is 3.06. The van der Waals surface area contributed by atoms with E-state index in [0.29, 0.717) is 17.1 Å². The maximum absolute atomic E-state index is 12.3. The van der Waals surface area contributed by atoms with E-state index in [4.69, 9.17) is 9.47 Å². The van der Waals surface area contributed by atoms with Crippen LogP contribution in [0.1, 0.15) is 15.9 Å². The molecule has 0 aliphatic carbocycles. The molecule has 0 aliphatic heterocycles. The van der Waals surface area contributed by atoms with Crippen molar-refractivity contribution in [1.82, 2.24) is 10.4 Å². The Balaban J connectivity index is 1.76. The van der Waals surface area contributed by atoms with Gasteiger partial charge in [-0.15, -0.1) is 0 Å². The average molecular weight is 323 g/mol. The number of amides is 1. The first-order chi connectivity index (χ1) is 11.7. The SMILES string of the molecule is COc1ccc(C(=O)N/N=C\c2c[nH]c3ccccc23)c(OC)c1. The van der Waals surface area contributed by atoms with Crippen LogP contribution in [-0.4, -0.2) is 31.3 Å². The molecule has 0 bridgehead atoms. The third kappa shape index (κ3) is 3.08. The number of hydrazone groups is 1. The number of benzene rings is 2. The summed E-state index contributed by atoms with van der Waals surface area (Å²) in [4.78, 5) is 15.4. The number of hydrogen-bond acceptors (Lipinski definition) is 4. The number of methoxy groups -OCH3 is 2. The standard InChI is InChI=1S/C18H17N3O3/c1-23-13-7-8-15(17(9-13)24-2)18(22)21-20-11-12-10-19-16-6-4-3-5-14(12)16/h3-11,19H,1-2H3,(H,21,22)/b20-11-. The third-order valence-corrected chi connectivity index (χ3v) is 3.64. The number of hydrogen-bond donors (Lipinski definition) is 2. The van der Waals surface area contributed by atoms with Gasteiger partial charge in [-0.1, -0.05) is 18.2 Å². The van der Waals surface area contributed by atoms with Crippen molar-refractivity contribution >= 4 is 23.0 Å². The minimum absolute atomic E-state index is 0.356. The largest absolute Gasteiger partial charge is 0.497 e. The quantitative estimate of drug-likeness (QED) is 0.560. The number of rotatable bonds is 5. The molecule has 122 valence electrons. The molecule has 0 fully saturated rings. The molecule has 2 aromatic carbocycles. The van der Waals surface area contributed by atoms with E-state index in [9.17, 15) is 4.79 Å². The second-order valence-corrected chi connectivity index (χ2v) is 5.05. The van der Waals surface area contributed by atoms with Gasteiger partial charge in [0.1, 0.15) is 11.5 Å². The van der Waals surface area contributed by atoms with Crippen molar-refractivity contribution in [3.8, 4) is 11.5 Å². The third-order valence-electron chi connectivity index (χ3n) is 3.64. The van der Waals surface area contributed by atoms with Gasteiger partial charge in [0.2, 0.25) is 0 Å². The summed E-state index contributed by atoms with van der Waals surface area (Å²) in [6, 6.07) is 12.9. The molecule has 24 heavy (non-hydrogen) atoms. The van der Waals surface area contributed by atoms with Crippen molar-refractivity contribution in [2.75, 3.05) is 14.2 Å².